The van der Waals surface area contributed by atoms with E-state index in [-0.39, 0.29) is 18.9 Å². The minimum Gasteiger partial charge on any atom is -0.391 e. The number of nitrogens with one attached hydrogen (secondary N) is 1. The van der Waals surface area contributed by atoms with Crippen molar-refractivity contribution in [3.63, 3.8) is 0 Å². The van der Waals surface area contributed by atoms with Gasteiger partial charge in [-0.2, -0.15) is 5.10 Å². The first-order valence-corrected chi connectivity index (χ1v) is 8.02. The van der Waals surface area contributed by atoms with Crippen LogP contribution in [-0.2, 0) is 0 Å². The van der Waals surface area contributed by atoms with Gasteiger partial charge < -0.3 is 10.0 Å². The summed E-state index contributed by atoms with van der Waals surface area (Å²) >= 11 is 0. The molecule has 7 heteroatoms. The molecule has 4 rings (SSSR count). The molecule has 1 aromatic carbocycles. The van der Waals surface area contributed by atoms with Crippen molar-refractivity contribution in [3.8, 4) is 0 Å². The summed E-state index contributed by atoms with van der Waals surface area (Å²) in [6.45, 7) is 0.147. The molecule has 2 atom stereocenters. The molecule has 1 saturated heterocycles. The summed E-state index contributed by atoms with van der Waals surface area (Å²) in [5, 5.41) is 16.9. The monoisotopic (exact) mass is 333 g/mol. The second kappa shape index (κ2) is 5.66. The highest BCUT2D eigenvalue weighted by atomic mass is 19.2. The first kappa shape index (κ1) is 15.3. The number of aliphatic hydroxyl groups is 1. The van der Waals surface area contributed by atoms with Gasteiger partial charge in [0.2, 0.25) is 0 Å². The van der Waals surface area contributed by atoms with Crippen LogP contribution in [0.3, 0.4) is 0 Å². The minimum absolute atomic E-state index is 0.147. The predicted octanol–water partition coefficient (Wildman–Crippen LogP) is 2.51. The number of benzene rings is 1. The number of aromatic amines is 1. The summed E-state index contributed by atoms with van der Waals surface area (Å²) in [4.78, 5) is 14.2. The van der Waals surface area contributed by atoms with Gasteiger partial charge in [-0.1, -0.05) is 6.07 Å². The predicted molar refractivity (Wildman–Crippen MR) is 81.3 cm³/mol. The van der Waals surface area contributed by atoms with E-state index in [1.54, 1.807) is 6.07 Å². The molecule has 1 aliphatic heterocycles. The van der Waals surface area contributed by atoms with Crippen molar-refractivity contribution >= 4 is 5.91 Å². The number of rotatable bonds is 3. The van der Waals surface area contributed by atoms with Crippen LogP contribution in [0.2, 0.25) is 0 Å². The number of H-pyrrole nitrogens is 1. The Morgan fingerprint density at radius 1 is 1.25 bits per heavy atom. The van der Waals surface area contributed by atoms with Crippen LogP contribution >= 0.6 is 0 Å². The van der Waals surface area contributed by atoms with Crippen LogP contribution in [0.25, 0.3) is 0 Å². The van der Waals surface area contributed by atoms with Gasteiger partial charge in [-0.05, 0) is 43.0 Å². The maximum atomic E-state index is 13.5. The summed E-state index contributed by atoms with van der Waals surface area (Å²) in [5.41, 5.74) is 1.71. The Balaban J connectivity index is 1.61. The third-order valence-electron chi connectivity index (χ3n) is 4.70. The maximum absolute atomic E-state index is 13.5. The molecular weight excluding hydrogens is 316 g/mol. The highest BCUT2D eigenvalue weighted by Crippen LogP contribution is 2.39. The van der Waals surface area contributed by atoms with Gasteiger partial charge in [0.25, 0.3) is 5.91 Å². The molecule has 1 aliphatic carbocycles. The van der Waals surface area contributed by atoms with Gasteiger partial charge in [-0.15, -0.1) is 0 Å². The van der Waals surface area contributed by atoms with Crippen molar-refractivity contribution in [2.75, 3.05) is 6.54 Å². The van der Waals surface area contributed by atoms with Crippen molar-refractivity contribution in [3.05, 3.63) is 52.9 Å². The number of carbonyl (C=O) groups excluding carboxylic acids is 1. The zero-order chi connectivity index (χ0) is 16.8. The van der Waals surface area contributed by atoms with Crippen molar-refractivity contribution in [2.24, 2.45) is 0 Å². The van der Waals surface area contributed by atoms with E-state index in [0.29, 0.717) is 17.2 Å². The Morgan fingerprint density at radius 3 is 2.75 bits per heavy atom. The first-order chi connectivity index (χ1) is 11.5. The third-order valence-corrected chi connectivity index (χ3v) is 4.70. The van der Waals surface area contributed by atoms with Crippen molar-refractivity contribution < 1.29 is 18.7 Å². The molecule has 2 aliphatic rings. The molecule has 0 radical (unpaired) electrons. The molecule has 0 spiro atoms. The number of carbonyl (C=O) groups is 1. The van der Waals surface area contributed by atoms with E-state index in [9.17, 15) is 18.7 Å². The molecule has 1 aromatic heterocycles. The largest absolute Gasteiger partial charge is 0.391 e. The van der Waals surface area contributed by atoms with Gasteiger partial charge >= 0.3 is 0 Å². The number of hydrogen-bond donors (Lipinski definition) is 2. The average molecular weight is 333 g/mol. The lowest BCUT2D eigenvalue weighted by Crippen LogP contribution is -2.32. The van der Waals surface area contributed by atoms with Crippen LogP contribution in [-0.4, -0.2) is 38.8 Å². The normalized spacial score (nSPS) is 23.7. The third kappa shape index (κ3) is 2.69. The standard InChI is InChI=1S/C17H17F2N3O2/c18-12-4-3-10(5-13(12)19)16-6-11(23)8-22(16)17(24)15-7-14(20-21-15)9-1-2-9/h3-5,7,9,11,16,23H,1-2,6,8H2,(H,20,21)/t11-,16+/m1/s1. The summed E-state index contributed by atoms with van der Waals surface area (Å²) in [6, 6.07) is 4.81. The van der Waals surface area contributed by atoms with E-state index in [4.69, 9.17) is 0 Å². The Hall–Kier alpha value is -2.28. The Morgan fingerprint density at radius 2 is 2.04 bits per heavy atom. The molecule has 2 heterocycles. The lowest BCUT2D eigenvalue weighted by Gasteiger charge is -2.24. The molecule has 2 N–H and O–H groups in total. The molecule has 2 aromatic rings. The average Bonchev–Trinajstić information content (AvgIpc) is 3.16. The fourth-order valence-electron chi connectivity index (χ4n) is 3.27. The number of β-amino-alcohol motifs (C(OH)–C–C–N with tert-alkyl or cyclic N) is 1. The van der Waals surface area contributed by atoms with Gasteiger partial charge in [0.1, 0.15) is 5.69 Å². The van der Waals surface area contributed by atoms with E-state index >= 15 is 0 Å². The zero-order valence-electron chi connectivity index (χ0n) is 12.9. The number of halogens is 2. The molecule has 2 fully saturated rings. The van der Waals surface area contributed by atoms with Crippen LogP contribution in [0.4, 0.5) is 8.78 Å². The zero-order valence-corrected chi connectivity index (χ0v) is 12.9. The van der Waals surface area contributed by atoms with E-state index in [2.05, 4.69) is 10.2 Å². The molecule has 1 amide bonds. The van der Waals surface area contributed by atoms with E-state index in [1.807, 2.05) is 0 Å². The fourth-order valence-corrected chi connectivity index (χ4v) is 3.27. The quantitative estimate of drug-likeness (QED) is 0.907. The summed E-state index contributed by atoms with van der Waals surface area (Å²) in [7, 11) is 0. The molecule has 5 nitrogen and oxygen atoms in total. The van der Waals surface area contributed by atoms with Crippen LogP contribution in [0.1, 0.15) is 53.0 Å². The van der Waals surface area contributed by atoms with Gasteiger partial charge in [0.05, 0.1) is 12.1 Å². The molecule has 24 heavy (non-hydrogen) atoms. The number of aromatic nitrogens is 2. The van der Waals surface area contributed by atoms with E-state index < -0.39 is 23.8 Å². The summed E-state index contributed by atoms with van der Waals surface area (Å²) in [6.07, 6.45) is 1.77. The van der Waals surface area contributed by atoms with Crippen molar-refractivity contribution in [2.45, 2.75) is 37.3 Å². The summed E-state index contributed by atoms with van der Waals surface area (Å²) < 4.78 is 26.7. The highest BCUT2D eigenvalue weighted by molar-refractivity contribution is 5.93. The molecular formula is C17H17F2N3O2. The first-order valence-electron chi connectivity index (χ1n) is 8.02. The Kier molecular flexibility index (Phi) is 3.60. The minimum atomic E-state index is -0.961. The number of amides is 1. The van der Waals surface area contributed by atoms with Gasteiger partial charge in [0, 0.05) is 18.2 Å². The lowest BCUT2D eigenvalue weighted by molar-refractivity contribution is 0.0709. The SMILES string of the molecule is O=C(c1cc(C2CC2)[nH]n1)N1C[C@H](O)C[C@H]1c1ccc(F)c(F)c1. The second-order valence-corrected chi connectivity index (χ2v) is 6.52. The van der Waals surface area contributed by atoms with Gasteiger partial charge in [-0.3, -0.25) is 9.89 Å². The van der Waals surface area contributed by atoms with Gasteiger partial charge in [-0.25, -0.2) is 8.78 Å². The highest BCUT2D eigenvalue weighted by Gasteiger charge is 2.37. The molecule has 1 saturated carbocycles. The van der Waals surface area contributed by atoms with Crippen LogP contribution in [0, 0.1) is 11.6 Å². The summed E-state index contributed by atoms with van der Waals surface area (Å²) in [5.74, 6) is -1.76. The molecule has 0 unspecified atom stereocenters. The van der Waals surface area contributed by atoms with Gasteiger partial charge in [0.15, 0.2) is 11.6 Å². The van der Waals surface area contributed by atoms with E-state index in [0.717, 1.165) is 30.7 Å². The number of aliphatic hydroxyl groups excluding tert-OH is 1. The van der Waals surface area contributed by atoms with Crippen LogP contribution in [0.15, 0.2) is 24.3 Å². The van der Waals surface area contributed by atoms with E-state index in [1.165, 1.54) is 11.0 Å². The van der Waals surface area contributed by atoms with Crippen LogP contribution in [0.5, 0.6) is 0 Å². The Bertz CT molecular complexity index is 788. The number of likely N-dealkylation sites (tertiary alicyclic amines) is 1. The Labute approximate surface area is 137 Å². The number of hydrogen-bond acceptors (Lipinski definition) is 3. The molecule has 0 bridgehead atoms. The number of nitrogens with zero attached hydrogens (tertiary/aromatic N) is 2. The van der Waals surface area contributed by atoms with Crippen molar-refractivity contribution in [1.82, 2.24) is 15.1 Å². The second-order valence-electron chi connectivity index (χ2n) is 6.52. The van der Waals surface area contributed by atoms with Crippen molar-refractivity contribution in [1.29, 1.82) is 0 Å². The fraction of sp³-hybridized carbons (Fsp3) is 0.412. The topological polar surface area (TPSA) is 69.2 Å². The van der Waals surface area contributed by atoms with Crippen LogP contribution < -0.4 is 0 Å². The molecule has 126 valence electrons. The maximum Gasteiger partial charge on any atom is 0.274 e. The lowest BCUT2D eigenvalue weighted by atomic mass is 10.0. The smallest absolute Gasteiger partial charge is 0.274 e.